The summed E-state index contributed by atoms with van der Waals surface area (Å²) in [6.07, 6.45) is 2.71. The summed E-state index contributed by atoms with van der Waals surface area (Å²) in [5, 5.41) is 2.22. The molecule has 0 aliphatic carbocycles. The zero-order valence-electron chi connectivity index (χ0n) is 17.0. The van der Waals surface area contributed by atoms with Crippen molar-refractivity contribution < 1.29 is 23.6 Å². The number of carbonyl (C=O) groups excluding carboxylic acids is 4. The van der Waals surface area contributed by atoms with Crippen LogP contribution in [0.3, 0.4) is 0 Å². The molecule has 32 heavy (non-hydrogen) atoms. The van der Waals surface area contributed by atoms with Crippen molar-refractivity contribution in [1.82, 2.24) is 10.2 Å². The molecule has 0 atom stereocenters. The molecule has 7 nitrogen and oxygen atoms in total. The molecular formula is C23H20FN3O4S. The normalized spacial score (nSPS) is 17.5. The topological polar surface area (TPSA) is 86.8 Å². The molecule has 0 aromatic heterocycles. The Labute approximate surface area is 188 Å². The summed E-state index contributed by atoms with van der Waals surface area (Å²) in [6.45, 7) is 0.759. The molecule has 2 saturated heterocycles. The highest BCUT2D eigenvalue weighted by Gasteiger charge is 2.34. The van der Waals surface area contributed by atoms with E-state index in [-0.39, 0.29) is 35.4 Å². The predicted molar refractivity (Wildman–Crippen MR) is 119 cm³/mol. The summed E-state index contributed by atoms with van der Waals surface area (Å²) in [5.41, 5.74) is 1.39. The minimum Gasteiger partial charge on any atom is -0.350 e. The number of hydrogen-bond acceptors (Lipinski definition) is 5. The number of carbonyl (C=O) groups is 4. The van der Waals surface area contributed by atoms with E-state index in [0.29, 0.717) is 18.5 Å². The number of anilines is 1. The van der Waals surface area contributed by atoms with Gasteiger partial charge in [0.15, 0.2) is 0 Å². The lowest BCUT2D eigenvalue weighted by molar-refractivity contribution is -0.122. The van der Waals surface area contributed by atoms with Gasteiger partial charge in [0.1, 0.15) is 5.82 Å². The number of thioether (sulfide) groups is 1. The van der Waals surface area contributed by atoms with Crippen LogP contribution < -0.4 is 10.2 Å². The van der Waals surface area contributed by atoms with Crippen LogP contribution in [0.15, 0.2) is 53.4 Å². The molecule has 4 amide bonds. The average Bonchev–Trinajstić information content (AvgIpc) is 3.33. The Morgan fingerprint density at radius 1 is 1.09 bits per heavy atom. The third-order valence-corrected chi connectivity index (χ3v) is 6.11. The Morgan fingerprint density at radius 2 is 1.84 bits per heavy atom. The van der Waals surface area contributed by atoms with Crippen molar-refractivity contribution in [1.29, 1.82) is 0 Å². The Bertz CT molecular complexity index is 1120. The number of imide groups is 1. The van der Waals surface area contributed by atoms with Crippen LogP contribution in [0.2, 0.25) is 0 Å². The minimum absolute atomic E-state index is 0.00534. The van der Waals surface area contributed by atoms with Crippen LogP contribution in [0.25, 0.3) is 6.08 Å². The fourth-order valence-electron chi connectivity index (χ4n) is 3.52. The maximum Gasteiger partial charge on any atom is 0.293 e. The second kappa shape index (κ2) is 9.35. The number of rotatable bonds is 6. The molecule has 2 aliphatic heterocycles. The molecule has 2 aliphatic rings. The highest BCUT2D eigenvalue weighted by molar-refractivity contribution is 8.18. The third-order valence-electron chi connectivity index (χ3n) is 5.20. The van der Waals surface area contributed by atoms with Gasteiger partial charge in [-0.05, 0) is 54.6 Å². The maximum atomic E-state index is 13.8. The second-order valence-electron chi connectivity index (χ2n) is 7.31. The van der Waals surface area contributed by atoms with Crippen LogP contribution >= 0.6 is 11.8 Å². The molecular weight excluding hydrogens is 433 g/mol. The van der Waals surface area contributed by atoms with Gasteiger partial charge in [-0.15, -0.1) is 0 Å². The number of nitrogens with one attached hydrogen (secondary N) is 1. The molecule has 0 bridgehead atoms. The van der Waals surface area contributed by atoms with Crippen molar-refractivity contribution in [3.05, 3.63) is 70.4 Å². The molecule has 164 valence electrons. The van der Waals surface area contributed by atoms with E-state index in [1.165, 1.54) is 18.2 Å². The van der Waals surface area contributed by atoms with Crippen LogP contribution in [0.4, 0.5) is 14.9 Å². The molecule has 2 aromatic carbocycles. The van der Waals surface area contributed by atoms with Crippen molar-refractivity contribution in [2.75, 3.05) is 24.5 Å². The van der Waals surface area contributed by atoms with Crippen LogP contribution in [0.1, 0.15) is 28.8 Å². The Hall–Kier alpha value is -3.46. The van der Waals surface area contributed by atoms with E-state index in [2.05, 4.69) is 5.32 Å². The molecule has 0 spiro atoms. The van der Waals surface area contributed by atoms with E-state index >= 15 is 0 Å². The quantitative estimate of drug-likeness (QED) is 0.678. The lowest BCUT2D eigenvalue weighted by atomic mass is 10.2. The Balaban J connectivity index is 1.32. The van der Waals surface area contributed by atoms with Gasteiger partial charge < -0.3 is 10.2 Å². The monoisotopic (exact) mass is 453 g/mol. The Morgan fingerprint density at radius 3 is 2.53 bits per heavy atom. The van der Waals surface area contributed by atoms with Gasteiger partial charge in [0.25, 0.3) is 17.1 Å². The van der Waals surface area contributed by atoms with E-state index in [9.17, 15) is 23.6 Å². The molecule has 2 aromatic rings. The summed E-state index contributed by atoms with van der Waals surface area (Å²) < 4.78 is 13.8. The largest absolute Gasteiger partial charge is 0.350 e. The van der Waals surface area contributed by atoms with Crippen LogP contribution in [-0.4, -0.2) is 47.5 Å². The van der Waals surface area contributed by atoms with Crippen molar-refractivity contribution in [2.45, 2.75) is 12.8 Å². The first-order valence-electron chi connectivity index (χ1n) is 10.1. The first-order valence-corrected chi connectivity index (χ1v) is 10.9. The lowest BCUT2D eigenvalue weighted by Crippen LogP contribution is -2.37. The number of hydrogen-bond donors (Lipinski definition) is 1. The van der Waals surface area contributed by atoms with Crippen LogP contribution in [-0.2, 0) is 9.59 Å². The SMILES string of the molecule is O=C(NCCN1C(=O)SC(=Cc2ccccc2F)C1=O)c1ccc(N2CCCC2=O)cc1. The van der Waals surface area contributed by atoms with Crippen LogP contribution in [0, 0.1) is 5.82 Å². The molecule has 4 rings (SSSR count). The summed E-state index contributed by atoms with van der Waals surface area (Å²) in [6, 6.07) is 12.7. The average molecular weight is 453 g/mol. The molecule has 2 heterocycles. The summed E-state index contributed by atoms with van der Waals surface area (Å²) >= 11 is 0.741. The van der Waals surface area contributed by atoms with Crippen molar-refractivity contribution >= 4 is 46.5 Å². The highest BCUT2D eigenvalue weighted by Crippen LogP contribution is 2.32. The molecule has 0 unspecified atom stereocenters. The first kappa shape index (κ1) is 21.8. The third kappa shape index (κ3) is 4.57. The summed E-state index contributed by atoms with van der Waals surface area (Å²) in [7, 11) is 0. The molecule has 0 saturated carbocycles. The second-order valence-corrected chi connectivity index (χ2v) is 8.30. The number of halogens is 1. The van der Waals surface area contributed by atoms with Gasteiger partial charge >= 0.3 is 0 Å². The smallest absolute Gasteiger partial charge is 0.293 e. The fourth-order valence-corrected chi connectivity index (χ4v) is 4.38. The standard InChI is InChI=1S/C23H20FN3O4S/c24-18-5-2-1-4-16(18)14-19-22(30)27(23(31)32-19)13-11-25-21(29)15-7-9-17(10-8-15)26-12-3-6-20(26)28/h1-2,4-5,7-10,14H,3,6,11-13H2,(H,25,29). The summed E-state index contributed by atoms with van der Waals surface area (Å²) in [4.78, 5) is 51.8. The number of amides is 4. The fraction of sp³-hybridized carbons (Fsp3) is 0.217. The van der Waals surface area contributed by atoms with Gasteiger partial charge in [-0.3, -0.25) is 24.1 Å². The van der Waals surface area contributed by atoms with Gasteiger partial charge in [-0.25, -0.2) is 4.39 Å². The van der Waals surface area contributed by atoms with Gasteiger partial charge in [0.2, 0.25) is 5.91 Å². The lowest BCUT2D eigenvalue weighted by Gasteiger charge is -2.16. The van der Waals surface area contributed by atoms with Crippen molar-refractivity contribution in [3.63, 3.8) is 0 Å². The van der Waals surface area contributed by atoms with E-state index in [1.54, 1.807) is 41.3 Å². The van der Waals surface area contributed by atoms with E-state index < -0.39 is 17.0 Å². The van der Waals surface area contributed by atoms with E-state index in [1.807, 2.05) is 0 Å². The first-order chi connectivity index (χ1) is 15.4. The Kier molecular flexibility index (Phi) is 6.36. The highest BCUT2D eigenvalue weighted by atomic mass is 32.2. The van der Waals surface area contributed by atoms with E-state index in [4.69, 9.17) is 0 Å². The van der Waals surface area contributed by atoms with Crippen molar-refractivity contribution in [3.8, 4) is 0 Å². The number of nitrogens with zero attached hydrogens (tertiary/aromatic N) is 2. The number of benzene rings is 2. The maximum absolute atomic E-state index is 13.8. The minimum atomic E-state index is -0.517. The zero-order valence-corrected chi connectivity index (χ0v) is 17.9. The van der Waals surface area contributed by atoms with Crippen molar-refractivity contribution in [2.24, 2.45) is 0 Å². The van der Waals surface area contributed by atoms with Gasteiger partial charge in [0.05, 0.1) is 4.91 Å². The molecule has 2 fully saturated rings. The van der Waals surface area contributed by atoms with Crippen LogP contribution in [0.5, 0.6) is 0 Å². The van der Waals surface area contributed by atoms with Gasteiger partial charge in [-0.2, -0.15) is 0 Å². The van der Waals surface area contributed by atoms with Gasteiger partial charge in [0, 0.05) is 42.9 Å². The molecule has 9 heteroatoms. The van der Waals surface area contributed by atoms with Gasteiger partial charge in [-0.1, -0.05) is 18.2 Å². The zero-order chi connectivity index (χ0) is 22.7. The predicted octanol–water partition coefficient (Wildman–Crippen LogP) is 3.42. The summed E-state index contributed by atoms with van der Waals surface area (Å²) in [5.74, 6) is -1.27. The molecule has 1 N–H and O–H groups in total. The van der Waals surface area contributed by atoms with E-state index in [0.717, 1.165) is 28.8 Å². The molecule has 0 radical (unpaired) electrons.